The van der Waals surface area contributed by atoms with E-state index in [4.69, 9.17) is 5.11 Å². The highest BCUT2D eigenvalue weighted by molar-refractivity contribution is 5.75. The lowest BCUT2D eigenvalue weighted by Gasteiger charge is -2.43. The molecule has 1 N–H and O–H groups in total. The van der Waals surface area contributed by atoms with Gasteiger partial charge < -0.3 is 14.9 Å². The zero-order valence-electron chi connectivity index (χ0n) is 13.3. The number of carboxylic acids is 1. The van der Waals surface area contributed by atoms with Crippen molar-refractivity contribution in [3.05, 3.63) is 0 Å². The van der Waals surface area contributed by atoms with Crippen LogP contribution in [-0.4, -0.2) is 76.6 Å². The molecule has 0 spiro atoms. The fraction of sp³-hybridized carbons (Fsp3) is 0.867. The Morgan fingerprint density at radius 3 is 2.29 bits per heavy atom. The summed E-state index contributed by atoms with van der Waals surface area (Å²) in [7, 11) is 0. The molecule has 0 aromatic carbocycles. The summed E-state index contributed by atoms with van der Waals surface area (Å²) in [5.41, 5.74) is 0. The van der Waals surface area contributed by atoms with Crippen LogP contribution in [-0.2, 0) is 4.79 Å². The summed E-state index contributed by atoms with van der Waals surface area (Å²) < 4.78 is 0. The maximum Gasteiger partial charge on any atom is 0.320 e. The van der Waals surface area contributed by atoms with Crippen LogP contribution >= 0.6 is 0 Å². The highest BCUT2D eigenvalue weighted by atomic mass is 16.4. The number of piperidine rings is 1. The molecule has 0 saturated carbocycles. The van der Waals surface area contributed by atoms with Gasteiger partial charge in [0.1, 0.15) is 6.04 Å². The molecule has 0 bridgehead atoms. The van der Waals surface area contributed by atoms with Crippen molar-refractivity contribution in [2.45, 2.75) is 45.7 Å². The van der Waals surface area contributed by atoms with Gasteiger partial charge in [0.15, 0.2) is 0 Å². The number of rotatable bonds is 2. The topological polar surface area (TPSA) is 64.1 Å². The first kappa shape index (κ1) is 16.1. The second kappa shape index (κ2) is 6.64. The molecule has 2 heterocycles. The van der Waals surface area contributed by atoms with Gasteiger partial charge in [0, 0.05) is 38.8 Å². The number of carboxylic acid groups (broad SMARTS) is 1. The van der Waals surface area contributed by atoms with E-state index < -0.39 is 12.0 Å². The van der Waals surface area contributed by atoms with Crippen molar-refractivity contribution in [1.29, 1.82) is 0 Å². The lowest BCUT2D eigenvalue weighted by atomic mass is 9.95. The van der Waals surface area contributed by atoms with Crippen molar-refractivity contribution in [2.75, 3.05) is 32.7 Å². The largest absolute Gasteiger partial charge is 0.480 e. The lowest BCUT2D eigenvalue weighted by Crippen LogP contribution is -2.58. The van der Waals surface area contributed by atoms with Gasteiger partial charge in [0.05, 0.1) is 0 Å². The first-order valence-corrected chi connectivity index (χ1v) is 7.92. The number of amides is 2. The zero-order valence-corrected chi connectivity index (χ0v) is 13.3. The van der Waals surface area contributed by atoms with Gasteiger partial charge in [-0.15, -0.1) is 0 Å². The molecule has 2 amide bonds. The van der Waals surface area contributed by atoms with Crippen LogP contribution < -0.4 is 0 Å². The number of likely N-dealkylation sites (tertiary alicyclic amines) is 1. The van der Waals surface area contributed by atoms with Gasteiger partial charge in [-0.2, -0.15) is 0 Å². The molecule has 0 aromatic heterocycles. The number of hydrogen-bond donors (Lipinski definition) is 1. The van der Waals surface area contributed by atoms with E-state index in [2.05, 4.69) is 13.8 Å². The molecule has 120 valence electrons. The van der Waals surface area contributed by atoms with E-state index in [1.807, 2.05) is 14.7 Å². The average molecular weight is 297 g/mol. The predicted octanol–water partition coefficient (Wildman–Crippen LogP) is 1.32. The van der Waals surface area contributed by atoms with Crippen molar-refractivity contribution in [3.63, 3.8) is 0 Å². The van der Waals surface area contributed by atoms with Crippen LogP contribution in [0.5, 0.6) is 0 Å². The van der Waals surface area contributed by atoms with E-state index in [0.717, 1.165) is 13.0 Å². The highest BCUT2D eigenvalue weighted by Crippen LogP contribution is 2.23. The third-order valence-electron chi connectivity index (χ3n) is 4.85. The van der Waals surface area contributed by atoms with Crippen molar-refractivity contribution in [3.8, 4) is 0 Å². The Labute approximate surface area is 126 Å². The summed E-state index contributed by atoms with van der Waals surface area (Å²) in [4.78, 5) is 29.4. The molecule has 21 heavy (non-hydrogen) atoms. The Morgan fingerprint density at radius 1 is 1.10 bits per heavy atom. The fourth-order valence-corrected chi connectivity index (χ4v) is 3.19. The molecule has 2 saturated heterocycles. The van der Waals surface area contributed by atoms with Gasteiger partial charge >= 0.3 is 12.0 Å². The molecule has 0 aromatic rings. The number of piperazine rings is 1. The Hall–Kier alpha value is -1.30. The summed E-state index contributed by atoms with van der Waals surface area (Å²) in [6, 6.07) is -0.0439. The van der Waals surface area contributed by atoms with Crippen molar-refractivity contribution < 1.29 is 14.7 Å². The molecule has 6 heteroatoms. The number of aliphatic carboxylic acids is 1. The molecular weight excluding hydrogens is 270 g/mol. The third kappa shape index (κ3) is 3.67. The van der Waals surface area contributed by atoms with Crippen LogP contribution in [0.25, 0.3) is 0 Å². The number of hydrogen-bond acceptors (Lipinski definition) is 3. The average Bonchev–Trinajstić information content (AvgIpc) is 2.48. The van der Waals surface area contributed by atoms with Crippen LogP contribution in [0.4, 0.5) is 4.79 Å². The monoisotopic (exact) mass is 297 g/mol. The van der Waals surface area contributed by atoms with E-state index in [9.17, 15) is 9.59 Å². The summed E-state index contributed by atoms with van der Waals surface area (Å²) >= 11 is 0. The molecule has 2 rings (SSSR count). The molecule has 2 aliphatic rings. The van der Waals surface area contributed by atoms with Crippen LogP contribution in [0.2, 0.25) is 0 Å². The first-order valence-electron chi connectivity index (χ1n) is 7.92. The van der Waals surface area contributed by atoms with Gasteiger partial charge in [-0.25, -0.2) is 4.79 Å². The van der Waals surface area contributed by atoms with E-state index in [1.54, 1.807) is 6.92 Å². The highest BCUT2D eigenvalue weighted by Gasteiger charge is 2.33. The minimum atomic E-state index is -0.798. The van der Waals surface area contributed by atoms with Gasteiger partial charge in [-0.1, -0.05) is 6.92 Å². The maximum atomic E-state index is 12.6. The van der Waals surface area contributed by atoms with Gasteiger partial charge in [0.2, 0.25) is 0 Å². The molecule has 0 aliphatic carbocycles. The van der Waals surface area contributed by atoms with E-state index in [-0.39, 0.29) is 6.03 Å². The van der Waals surface area contributed by atoms with E-state index >= 15 is 0 Å². The Bertz CT molecular complexity index is 394. The lowest BCUT2D eigenvalue weighted by molar-refractivity contribution is -0.143. The zero-order chi connectivity index (χ0) is 15.6. The molecule has 6 nitrogen and oxygen atoms in total. The van der Waals surface area contributed by atoms with Gasteiger partial charge in [-0.3, -0.25) is 9.69 Å². The van der Waals surface area contributed by atoms with Gasteiger partial charge in [-0.05, 0) is 32.6 Å². The van der Waals surface area contributed by atoms with E-state index in [0.29, 0.717) is 38.1 Å². The fourth-order valence-electron chi connectivity index (χ4n) is 3.19. The minimum Gasteiger partial charge on any atom is -0.480 e. The normalized spacial score (nSPS) is 29.3. The molecule has 3 unspecified atom stereocenters. The predicted molar refractivity (Wildman–Crippen MR) is 80.2 cm³/mol. The Balaban J connectivity index is 1.89. The van der Waals surface area contributed by atoms with Crippen LogP contribution in [0.15, 0.2) is 0 Å². The van der Waals surface area contributed by atoms with Crippen molar-refractivity contribution >= 4 is 12.0 Å². The molecule has 3 atom stereocenters. The third-order valence-corrected chi connectivity index (χ3v) is 4.85. The molecule has 2 fully saturated rings. The summed E-state index contributed by atoms with van der Waals surface area (Å²) in [5.74, 6) is -0.230. The minimum absolute atomic E-state index is 0.122. The van der Waals surface area contributed by atoms with Crippen LogP contribution in [0.1, 0.15) is 33.6 Å². The quantitative estimate of drug-likeness (QED) is 0.835. The second-order valence-electron chi connectivity index (χ2n) is 6.50. The number of carbonyl (C=O) groups excluding carboxylic acids is 1. The maximum absolute atomic E-state index is 12.6. The number of urea groups is 1. The summed E-state index contributed by atoms with van der Waals surface area (Å²) in [5, 5.41) is 9.05. The summed E-state index contributed by atoms with van der Waals surface area (Å²) in [6.45, 7) is 9.36. The first-order chi connectivity index (χ1) is 9.90. The Morgan fingerprint density at radius 2 is 1.71 bits per heavy atom. The number of carbonyl (C=O) groups is 2. The SMILES string of the molecule is CC1CCC(C)N(C(=O)N2CCN(C(C)C(=O)O)CC2)C1. The second-order valence-corrected chi connectivity index (χ2v) is 6.50. The standard InChI is InChI=1S/C15H27N3O3/c1-11-4-5-12(2)18(10-11)15(21)17-8-6-16(7-9-17)13(3)14(19)20/h11-13H,4-10H2,1-3H3,(H,19,20). The van der Waals surface area contributed by atoms with Crippen LogP contribution in [0, 0.1) is 5.92 Å². The Kier molecular flexibility index (Phi) is 5.08. The van der Waals surface area contributed by atoms with Crippen LogP contribution in [0.3, 0.4) is 0 Å². The van der Waals surface area contributed by atoms with Crippen molar-refractivity contribution in [1.82, 2.24) is 14.7 Å². The molecular formula is C15H27N3O3. The molecule has 0 radical (unpaired) electrons. The van der Waals surface area contributed by atoms with E-state index in [1.165, 1.54) is 6.42 Å². The smallest absolute Gasteiger partial charge is 0.320 e. The number of nitrogens with zero attached hydrogens (tertiary/aromatic N) is 3. The molecule has 2 aliphatic heterocycles. The van der Waals surface area contributed by atoms with Crippen molar-refractivity contribution in [2.24, 2.45) is 5.92 Å². The summed E-state index contributed by atoms with van der Waals surface area (Å²) in [6.07, 6.45) is 2.26. The van der Waals surface area contributed by atoms with Gasteiger partial charge in [0.25, 0.3) is 0 Å².